The molecule has 0 radical (unpaired) electrons. The van der Waals surface area contributed by atoms with Gasteiger partial charge >= 0.3 is 0 Å². The summed E-state index contributed by atoms with van der Waals surface area (Å²) < 4.78 is 0. The summed E-state index contributed by atoms with van der Waals surface area (Å²) in [5, 5.41) is 0. The lowest BCUT2D eigenvalue weighted by Crippen LogP contribution is -2.28. The second kappa shape index (κ2) is 6.02. The van der Waals surface area contributed by atoms with Crippen LogP contribution in [0.2, 0.25) is 0 Å². The molecule has 0 bridgehead atoms. The van der Waals surface area contributed by atoms with E-state index in [0.717, 1.165) is 24.3 Å². The first-order valence-corrected chi connectivity index (χ1v) is 7.23. The molecule has 94 valence electrons. The minimum Gasteiger partial charge on any atom is -0.330 e. The van der Waals surface area contributed by atoms with Crippen LogP contribution in [0.5, 0.6) is 0 Å². The lowest BCUT2D eigenvalue weighted by Gasteiger charge is -2.33. The fourth-order valence-corrected chi connectivity index (χ4v) is 3.60. The van der Waals surface area contributed by atoms with Crippen LogP contribution in [-0.2, 0) is 0 Å². The summed E-state index contributed by atoms with van der Waals surface area (Å²) in [4.78, 5) is 0. The topological polar surface area (TPSA) is 52.0 Å². The average Bonchev–Trinajstić information content (AvgIpc) is 2.33. The molecule has 2 aliphatic carbocycles. The molecule has 2 rings (SSSR count). The average molecular weight is 224 g/mol. The van der Waals surface area contributed by atoms with Crippen molar-refractivity contribution >= 4 is 0 Å². The highest BCUT2D eigenvalue weighted by Gasteiger charge is 2.25. The smallest absolute Gasteiger partial charge is 0.00390 e. The molecule has 16 heavy (non-hydrogen) atoms. The highest BCUT2D eigenvalue weighted by Crippen LogP contribution is 2.36. The molecular weight excluding hydrogens is 196 g/mol. The van der Waals surface area contributed by atoms with E-state index in [1.165, 1.54) is 57.8 Å². The quantitative estimate of drug-likeness (QED) is 0.774. The van der Waals surface area contributed by atoms with Crippen LogP contribution in [0.15, 0.2) is 0 Å². The highest BCUT2D eigenvalue weighted by molar-refractivity contribution is 4.79. The maximum Gasteiger partial charge on any atom is 0.00390 e. The monoisotopic (exact) mass is 224 g/mol. The minimum atomic E-state index is 0.504. The van der Waals surface area contributed by atoms with E-state index in [9.17, 15) is 0 Å². The Morgan fingerprint density at radius 2 is 1.12 bits per heavy atom. The summed E-state index contributed by atoms with van der Waals surface area (Å²) >= 11 is 0. The standard InChI is InChI=1S/C14H28N2/c15-10-13-3-1-11(2-4-13)9-12-5-7-14(16)8-6-12/h11-14H,1-10,15-16H2. The molecule has 0 aromatic heterocycles. The van der Waals surface area contributed by atoms with Crippen LogP contribution in [0.3, 0.4) is 0 Å². The van der Waals surface area contributed by atoms with E-state index in [-0.39, 0.29) is 0 Å². The van der Waals surface area contributed by atoms with Gasteiger partial charge in [0, 0.05) is 6.04 Å². The van der Waals surface area contributed by atoms with Crippen LogP contribution in [0.4, 0.5) is 0 Å². The van der Waals surface area contributed by atoms with Gasteiger partial charge in [-0.3, -0.25) is 0 Å². The lowest BCUT2D eigenvalue weighted by molar-refractivity contribution is 0.208. The Hall–Kier alpha value is -0.0800. The molecule has 0 atom stereocenters. The van der Waals surface area contributed by atoms with Gasteiger partial charge in [0.2, 0.25) is 0 Å². The third-order valence-corrected chi connectivity index (χ3v) is 4.86. The van der Waals surface area contributed by atoms with Gasteiger partial charge in [0.25, 0.3) is 0 Å². The maximum atomic E-state index is 5.95. The van der Waals surface area contributed by atoms with E-state index >= 15 is 0 Å². The maximum absolute atomic E-state index is 5.95. The molecule has 2 saturated carbocycles. The van der Waals surface area contributed by atoms with Gasteiger partial charge < -0.3 is 11.5 Å². The Kier molecular flexibility index (Phi) is 4.66. The predicted molar refractivity (Wildman–Crippen MR) is 69.1 cm³/mol. The number of nitrogens with two attached hydrogens (primary N) is 2. The van der Waals surface area contributed by atoms with Crippen LogP contribution < -0.4 is 11.5 Å². The number of hydrogen-bond acceptors (Lipinski definition) is 2. The van der Waals surface area contributed by atoms with Crippen molar-refractivity contribution in [1.82, 2.24) is 0 Å². The Morgan fingerprint density at radius 3 is 1.62 bits per heavy atom. The zero-order valence-electron chi connectivity index (χ0n) is 10.5. The minimum absolute atomic E-state index is 0.504. The SMILES string of the molecule is NCC1CCC(CC2CCC(N)CC2)CC1. The normalized spacial score (nSPS) is 40.9. The van der Waals surface area contributed by atoms with Gasteiger partial charge in [-0.1, -0.05) is 12.8 Å². The van der Waals surface area contributed by atoms with Crippen molar-refractivity contribution in [3.05, 3.63) is 0 Å². The summed E-state index contributed by atoms with van der Waals surface area (Å²) in [5.74, 6) is 2.82. The third-order valence-electron chi connectivity index (χ3n) is 4.86. The zero-order valence-corrected chi connectivity index (χ0v) is 10.5. The second-order valence-electron chi connectivity index (χ2n) is 6.14. The Bertz CT molecular complexity index is 189. The van der Waals surface area contributed by atoms with E-state index in [0.29, 0.717) is 6.04 Å². The van der Waals surface area contributed by atoms with Crippen LogP contribution in [0.1, 0.15) is 57.8 Å². The van der Waals surface area contributed by atoms with Gasteiger partial charge in [0.1, 0.15) is 0 Å². The summed E-state index contributed by atoms with van der Waals surface area (Å²) in [7, 11) is 0. The Labute approximate surface area is 100 Å². The first-order valence-electron chi connectivity index (χ1n) is 7.23. The Balaban J connectivity index is 1.66. The van der Waals surface area contributed by atoms with Gasteiger partial charge in [-0.2, -0.15) is 0 Å². The molecule has 0 unspecified atom stereocenters. The molecule has 2 fully saturated rings. The molecule has 2 nitrogen and oxygen atoms in total. The van der Waals surface area contributed by atoms with Gasteiger partial charge in [-0.05, 0) is 69.2 Å². The lowest BCUT2D eigenvalue weighted by atomic mass is 9.74. The molecular formula is C14H28N2. The van der Waals surface area contributed by atoms with Crippen LogP contribution in [0.25, 0.3) is 0 Å². The van der Waals surface area contributed by atoms with Crippen molar-refractivity contribution in [1.29, 1.82) is 0 Å². The summed E-state index contributed by atoms with van der Waals surface area (Å²) in [6, 6.07) is 0.504. The zero-order chi connectivity index (χ0) is 11.4. The summed E-state index contributed by atoms with van der Waals surface area (Å²) in [6.45, 7) is 0.908. The Morgan fingerprint density at radius 1 is 0.688 bits per heavy atom. The van der Waals surface area contributed by atoms with Crippen molar-refractivity contribution in [2.24, 2.45) is 29.2 Å². The van der Waals surface area contributed by atoms with Gasteiger partial charge in [0.15, 0.2) is 0 Å². The van der Waals surface area contributed by atoms with E-state index in [2.05, 4.69) is 0 Å². The molecule has 0 heterocycles. The molecule has 0 aromatic rings. The van der Waals surface area contributed by atoms with Crippen molar-refractivity contribution < 1.29 is 0 Å². The van der Waals surface area contributed by atoms with Gasteiger partial charge in [-0.15, -0.1) is 0 Å². The molecule has 0 spiro atoms. The second-order valence-corrected chi connectivity index (χ2v) is 6.14. The first-order chi connectivity index (χ1) is 7.78. The van der Waals surface area contributed by atoms with E-state index in [1.54, 1.807) is 0 Å². The van der Waals surface area contributed by atoms with Crippen molar-refractivity contribution in [3.63, 3.8) is 0 Å². The highest BCUT2D eigenvalue weighted by atomic mass is 14.6. The van der Waals surface area contributed by atoms with E-state index < -0.39 is 0 Å². The number of hydrogen-bond donors (Lipinski definition) is 2. The summed E-state index contributed by atoms with van der Waals surface area (Å²) in [6.07, 6.45) is 12.4. The largest absolute Gasteiger partial charge is 0.330 e. The van der Waals surface area contributed by atoms with Crippen molar-refractivity contribution in [2.45, 2.75) is 63.8 Å². The molecule has 2 aliphatic rings. The molecule has 0 aromatic carbocycles. The molecule has 0 saturated heterocycles. The molecule has 0 amide bonds. The first kappa shape index (κ1) is 12.4. The number of rotatable bonds is 3. The van der Waals surface area contributed by atoms with Gasteiger partial charge in [-0.25, -0.2) is 0 Å². The predicted octanol–water partition coefficient (Wildman–Crippen LogP) is 2.66. The van der Waals surface area contributed by atoms with Gasteiger partial charge in [0.05, 0.1) is 0 Å². The van der Waals surface area contributed by atoms with Crippen LogP contribution in [0, 0.1) is 17.8 Å². The molecule has 2 heteroatoms. The molecule has 4 N–H and O–H groups in total. The fraction of sp³-hybridized carbons (Fsp3) is 1.00. The van der Waals surface area contributed by atoms with E-state index in [4.69, 9.17) is 11.5 Å². The fourth-order valence-electron chi connectivity index (χ4n) is 3.60. The van der Waals surface area contributed by atoms with Crippen molar-refractivity contribution in [3.8, 4) is 0 Å². The van der Waals surface area contributed by atoms with Crippen molar-refractivity contribution in [2.75, 3.05) is 6.54 Å². The van der Waals surface area contributed by atoms with Crippen LogP contribution >= 0.6 is 0 Å². The van der Waals surface area contributed by atoms with Crippen LogP contribution in [-0.4, -0.2) is 12.6 Å². The summed E-state index contributed by atoms with van der Waals surface area (Å²) in [5.41, 5.74) is 11.7. The van der Waals surface area contributed by atoms with E-state index in [1.807, 2.05) is 0 Å². The molecule has 0 aliphatic heterocycles. The third kappa shape index (κ3) is 3.46.